The zero-order chi connectivity index (χ0) is 15.6. The fourth-order valence-electron chi connectivity index (χ4n) is 1.77. The lowest BCUT2D eigenvalue weighted by Gasteiger charge is -2.11. The van der Waals surface area contributed by atoms with Crippen LogP contribution < -0.4 is 5.32 Å². The topological polar surface area (TPSA) is 79.3 Å². The number of benzene rings is 1. The van der Waals surface area contributed by atoms with Gasteiger partial charge in [0.2, 0.25) is 0 Å². The van der Waals surface area contributed by atoms with Crippen molar-refractivity contribution in [2.75, 3.05) is 5.32 Å². The van der Waals surface area contributed by atoms with E-state index in [1.807, 2.05) is 0 Å². The quantitative estimate of drug-likeness (QED) is 0.808. The molecule has 1 heterocycles. The smallest absolute Gasteiger partial charge is 0.336 e. The summed E-state index contributed by atoms with van der Waals surface area (Å²) in [7, 11) is 0. The molecule has 2 rings (SSSR count). The van der Waals surface area contributed by atoms with Crippen molar-refractivity contribution in [1.82, 2.24) is 4.98 Å². The molecule has 0 saturated carbocycles. The van der Waals surface area contributed by atoms with Crippen LogP contribution in [0.4, 0.5) is 5.69 Å². The standard InChI is InChI=1S/C14H10BrClN2O3/c1-7-9(14(20)21)3-2-4-11(7)18-13(19)10-5-8(15)6-17-12(10)16/h2-6H,1H3,(H,18,19)(H,20,21). The number of aromatic nitrogens is 1. The minimum Gasteiger partial charge on any atom is -0.478 e. The van der Waals surface area contributed by atoms with Crippen molar-refractivity contribution in [1.29, 1.82) is 0 Å². The molecule has 0 fully saturated rings. The van der Waals surface area contributed by atoms with Crippen LogP contribution in [0.2, 0.25) is 5.15 Å². The molecular formula is C14H10BrClN2O3. The first-order valence-corrected chi connectivity index (χ1v) is 7.02. The molecule has 1 aromatic carbocycles. The van der Waals surface area contributed by atoms with Crippen LogP contribution >= 0.6 is 27.5 Å². The number of anilines is 1. The summed E-state index contributed by atoms with van der Waals surface area (Å²) < 4.78 is 0.619. The Kier molecular flexibility index (Phi) is 4.59. The van der Waals surface area contributed by atoms with Crippen LogP contribution in [0.1, 0.15) is 26.3 Å². The maximum atomic E-state index is 12.2. The highest BCUT2D eigenvalue weighted by atomic mass is 79.9. The predicted molar refractivity (Wildman–Crippen MR) is 83.0 cm³/mol. The molecule has 7 heteroatoms. The van der Waals surface area contributed by atoms with Gasteiger partial charge in [-0.2, -0.15) is 0 Å². The summed E-state index contributed by atoms with van der Waals surface area (Å²) in [4.78, 5) is 27.2. The van der Waals surface area contributed by atoms with Crippen molar-refractivity contribution in [3.63, 3.8) is 0 Å². The molecule has 1 aromatic heterocycles. The van der Waals surface area contributed by atoms with Gasteiger partial charge in [0.1, 0.15) is 5.15 Å². The molecule has 21 heavy (non-hydrogen) atoms. The van der Waals surface area contributed by atoms with Crippen LogP contribution in [0, 0.1) is 6.92 Å². The Morgan fingerprint density at radius 1 is 1.33 bits per heavy atom. The van der Waals surface area contributed by atoms with Crippen LogP contribution in [0.25, 0.3) is 0 Å². The van der Waals surface area contributed by atoms with Gasteiger partial charge in [-0.05, 0) is 46.6 Å². The minimum absolute atomic E-state index is 0.0720. The van der Waals surface area contributed by atoms with Crippen molar-refractivity contribution in [2.24, 2.45) is 0 Å². The summed E-state index contributed by atoms with van der Waals surface area (Å²) in [6.45, 7) is 1.62. The second kappa shape index (κ2) is 6.24. The van der Waals surface area contributed by atoms with Gasteiger partial charge in [0.15, 0.2) is 0 Å². The lowest BCUT2D eigenvalue weighted by atomic mass is 10.1. The molecule has 0 aliphatic rings. The maximum Gasteiger partial charge on any atom is 0.336 e. The summed E-state index contributed by atoms with van der Waals surface area (Å²) >= 11 is 9.11. The third-order valence-corrected chi connectivity index (χ3v) is 3.60. The molecular weight excluding hydrogens is 360 g/mol. The second-order valence-corrected chi connectivity index (χ2v) is 5.50. The third-order valence-electron chi connectivity index (χ3n) is 2.86. The minimum atomic E-state index is -1.05. The van der Waals surface area contributed by atoms with E-state index >= 15 is 0 Å². The molecule has 1 amide bonds. The Balaban J connectivity index is 2.34. The molecule has 0 atom stereocenters. The molecule has 0 aliphatic heterocycles. The molecule has 0 bridgehead atoms. The second-order valence-electron chi connectivity index (χ2n) is 4.23. The van der Waals surface area contributed by atoms with Crippen molar-refractivity contribution < 1.29 is 14.7 Å². The number of carbonyl (C=O) groups excluding carboxylic acids is 1. The summed E-state index contributed by atoms with van der Waals surface area (Å²) in [5.74, 6) is -1.51. The number of hydrogen-bond donors (Lipinski definition) is 2. The Labute approximate surface area is 134 Å². The molecule has 0 unspecified atom stereocenters. The van der Waals surface area contributed by atoms with Gasteiger partial charge in [0.25, 0.3) is 5.91 Å². The lowest BCUT2D eigenvalue weighted by molar-refractivity contribution is 0.0695. The number of halogens is 2. The van der Waals surface area contributed by atoms with Crippen LogP contribution in [-0.2, 0) is 0 Å². The number of nitrogens with one attached hydrogen (secondary N) is 1. The van der Waals surface area contributed by atoms with Crippen LogP contribution in [0.5, 0.6) is 0 Å². The molecule has 0 radical (unpaired) electrons. The van der Waals surface area contributed by atoms with E-state index in [0.29, 0.717) is 15.7 Å². The van der Waals surface area contributed by atoms with Gasteiger partial charge in [-0.25, -0.2) is 9.78 Å². The molecule has 2 N–H and O–H groups in total. The van der Waals surface area contributed by atoms with Crippen LogP contribution in [0.15, 0.2) is 34.9 Å². The van der Waals surface area contributed by atoms with Gasteiger partial charge in [-0.1, -0.05) is 17.7 Å². The van der Waals surface area contributed by atoms with Gasteiger partial charge in [-0.3, -0.25) is 4.79 Å². The molecule has 5 nitrogen and oxygen atoms in total. The van der Waals surface area contributed by atoms with E-state index in [4.69, 9.17) is 16.7 Å². The normalized spacial score (nSPS) is 10.2. The van der Waals surface area contributed by atoms with Crippen molar-refractivity contribution in [3.05, 3.63) is 56.8 Å². The Morgan fingerprint density at radius 2 is 2.05 bits per heavy atom. The number of rotatable bonds is 3. The van der Waals surface area contributed by atoms with Gasteiger partial charge in [0, 0.05) is 16.4 Å². The molecule has 0 aliphatic carbocycles. The molecule has 108 valence electrons. The maximum absolute atomic E-state index is 12.2. The van der Waals surface area contributed by atoms with Crippen molar-refractivity contribution in [2.45, 2.75) is 6.92 Å². The number of carboxylic acid groups (broad SMARTS) is 1. The van der Waals surface area contributed by atoms with E-state index in [1.165, 1.54) is 12.3 Å². The SMILES string of the molecule is Cc1c(NC(=O)c2cc(Br)cnc2Cl)cccc1C(=O)O. The fourth-order valence-corrected chi connectivity index (χ4v) is 2.29. The first kappa shape index (κ1) is 15.5. The van der Waals surface area contributed by atoms with E-state index in [9.17, 15) is 9.59 Å². The average Bonchev–Trinajstić information content (AvgIpc) is 2.43. The first-order valence-electron chi connectivity index (χ1n) is 5.85. The van der Waals surface area contributed by atoms with Gasteiger partial charge in [-0.15, -0.1) is 0 Å². The zero-order valence-electron chi connectivity index (χ0n) is 10.9. The van der Waals surface area contributed by atoms with Crippen LogP contribution in [0.3, 0.4) is 0 Å². The predicted octanol–water partition coefficient (Wildman–Crippen LogP) is 3.76. The highest BCUT2D eigenvalue weighted by Crippen LogP contribution is 2.22. The lowest BCUT2D eigenvalue weighted by Crippen LogP contribution is -2.15. The van der Waals surface area contributed by atoms with Crippen molar-refractivity contribution >= 4 is 45.1 Å². The fraction of sp³-hybridized carbons (Fsp3) is 0.0714. The molecule has 0 saturated heterocycles. The Morgan fingerprint density at radius 3 is 2.71 bits per heavy atom. The van der Waals surface area contributed by atoms with E-state index < -0.39 is 11.9 Å². The highest BCUT2D eigenvalue weighted by Gasteiger charge is 2.15. The molecule has 0 spiro atoms. The number of aromatic carboxylic acids is 1. The number of carbonyl (C=O) groups is 2. The first-order chi connectivity index (χ1) is 9.90. The highest BCUT2D eigenvalue weighted by molar-refractivity contribution is 9.10. The summed E-state index contributed by atoms with van der Waals surface area (Å²) in [6, 6.07) is 6.20. The van der Waals surface area contributed by atoms with E-state index in [0.717, 1.165) is 0 Å². The van der Waals surface area contributed by atoms with Crippen molar-refractivity contribution in [3.8, 4) is 0 Å². The number of amides is 1. The zero-order valence-corrected chi connectivity index (χ0v) is 13.2. The largest absolute Gasteiger partial charge is 0.478 e. The van der Waals surface area contributed by atoms with Gasteiger partial charge < -0.3 is 10.4 Å². The number of carboxylic acids is 1. The number of hydrogen-bond acceptors (Lipinski definition) is 3. The van der Waals surface area contributed by atoms with E-state index in [-0.39, 0.29) is 16.3 Å². The Hall–Kier alpha value is -1.92. The molecule has 2 aromatic rings. The van der Waals surface area contributed by atoms with Crippen LogP contribution in [-0.4, -0.2) is 22.0 Å². The van der Waals surface area contributed by atoms with Gasteiger partial charge in [0.05, 0.1) is 11.1 Å². The van der Waals surface area contributed by atoms with E-state index in [1.54, 1.807) is 25.1 Å². The number of pyridine rings is 1. The monoisotopic (exact) mass is 368 g/mol. The summed E-state index contributed by atoms with van der Waals surface area (Å²) in [5, 5.41) is 11.8. The summed E-state index contributed by atoms with van der Waals surface area (Å²) in [5.41, 5.74) is 1.21. The summed E-state index contributed by atoms with van der Waals surface area (Å²) in [6.07, 6.45) is 1.48. The number of nitrogens with zero attached hydrogens (tertiary/aromatic N) is 1. The van der Waals surface area contributed by atoms with Gasteiger partial charge >= 0.3 is 5.97 Å². The Bertz CT molecular complexity index is 734. The average molecular weight is 370 g/mol. The van der Waals surface area contributed by atoms with E-state index in [2.05, 4.69) is 26.2 Å². The third kappa shape index (κ3) is 3.40.